The molecule has 0 heterocycles. The fourth-order valence-corrected chi connectivity index (χ4v) is 5.93. The minimum atomic E-state index is -0.541. The summed E-state index contributed by atoms with van der Waals surface area (Å²) in [5.41, 5.74) is 1.07. The molecule has 0 amide bonds. The van der Waals surface area contributed by atoms with Crippen LogP contribution in [0.5, 0.6) is 11.5 Å². The van der Waals surface area contributed by atoms with E-state index in [-0.39, 0.29) is 38.4 Å². The number of fused-ring (bicyclic) bond motifs is 2. The van der Waals surface area contributed by atoms with Gasteiger partial charge in [-0.2, -0.15) is 0 Å². The summed E-state index contributed by atoms with van der Waals surface area (Å²) in [5.74, 6) is 0.934. The quantitative estimate of drug-likeness (QED) is 0.0418. The van der Waals surface area contributed by atoms with E-state index in [0.717, 1.165) is 91.3 Å². The van der Waals surface area contributed by atoms with Crippen molar-refractivity contribution in [3.8, 4) is 11.5 Å². The van der Waals surface area contributed by atoms with Gasteiger partial charge in [-0.15, -0.1) is 0 Å². The number of hydrogen-bond donors (Lipinski definition) is 0. The van der Waals surface area contributed by atoms with Crippen molar-refractivity contribution in [3.63, 3.8) is 0 Å². The predicted octanol–water partition coefficient (Wildman–Crippen LogP) is 10.5. The average Bonchev–Trinajstić information content (AvgIpc) is 3.13. The first-order chi connectivity index (χ1) is 24.9. The number of hydrogen-bond acceptors (Lipinski definition) is 8. The van der Waals surface area contributed by atoms with Crippen LogP contribution in [-0.4, -0.2) is 63.8 Å². The monoisotopic (exact) mass is 708 g/mol. The van der Waals surface area contributed by atoms with Gasteiger partial charge in [0.2, 0.25) is 0 Å². The molecule has 0 radical (unpaired) electrons. The Bertz CT molecular complexity index is 1440. The van der Waals surface area contributed by atoms with Crippen molar-refractivity contribution in [2.24, 2.45) is 0 Å². The number of ether oxygens (including phenoxy) is 6. The van der Waals surface area contributed by atoms with Gasteiger partial charge in [0.25, 0.3) is 0 Å². The van der Waals surface area contributed by atoms with Crippen LogP contribution in [0, 0.1) is 6.92 Å². The van der Waals surface area contributed by atoms with Gasteiger partial charge in [-0.05, 0) is 38.7 Å². The second-order valence-electron chi connectivity index (χ2n) is 13.6. The second kappa shape index (κ2) is 24.8. The van der Waals surface area contributed by atoms with Crippen LogP contribution in [0.25, 0.3) is 21.5 Å². The molecule has 0 aliphatic rings. The van der Waals surface area contributed by atoms with Crippen LogP contribution in [0.1, 0.15) is 123 Å². The van der Waals surface area contributed by atoms with E-state index in [1.54, 1.807) is 0 Å². The summed E-state index contributed by atoms with van der Waals surface area (Å²) in [4.78, 5) is 25.4. The van der Waals surface area contributed by atoms with Gasteiger partial charge in [-0.3, -0.25) is 9.59 Å². The van der Waals surface area contributed by atoms with Crippen LogP contribution < -0.4 is 9.47 Å². The molecule has 2 unspecified atom stereocenters. The molecular weight excluding hydrogens is 644 g/mol. The van der Waals surface area contributed by atoms with Gasteiger partial charge in [-0.25, -0.2) is 0 Å². The van der Waals surface area contributed by atoms with Crippen molar-refractivity contribution < 1.29 is 38.0 Å². The maximum atomic E-state index is 12.7. The smallest absolute Gasteiger partial charge is 0.306 e. The van der Waals surface area contributed by atoms with Gasteiger partial charge in [0.05, 0.1) is 13.2 Å². The lowest BCUT2D eigenvalue weighted by Gasteiger charge is -2.23. The van der Waals surface area contributed by atoms with E-state index in [4.69, 9.17) is 28.4 Å². The molecule has 0 aromatic heterocycles. The fraction of sp³-hybridized carbons (Fsp3) is 0.628. The molecule has 0 aliphatic carbocycles. The molecule has 51 heavy (non-hydrogen) atoms. The lowest BCUT2D eigenvalue weighted by Crippen LogP contribution is -2.30. The molecule has 0 spiro atoms. The van der Waals surface area contributed by atoms with Crippen LogP contribution >= 0.6 is 0 Å². The summed E-state index contributed by atoms with van der Waals surface area (Å²) in [5, 5.41) is 3.54. The highest BCUT2D eigenvalue weighted by Crippen LogP contribution is 2.43. The van der Waals surface area contributed by atoms with E-state index in [9.17, 15) is 9.59 Å². The first-order valence-corrected chi connectivity index (χ1v) is 19.7. The van der Waals surface area contributed by atoms with E-state index in [2.05, 4.69) is 39.8 Å². The third-order valence-corrected chi connectivity index (χ3v) is 8.86. The Hall–Kier alpha value is -3.36. The molecule has 3 aromatic carbocycles. The van der Waals surface area contributed by atoms with E-state index in [0.29, 0.717) is 37.6 Å². The zero-order valence-corrected chi connectivity index (χ0v) is 32.1. The number of rotatable bonds is 28. The van der Waals surface area contributed by atoms with Gasteiger partial charge in [0.1, 0.15) is 24.7 Å². The molecule has 0 aliphatic heterocycles. The molecular formula is C43H64O8. The number of benzene rings is 3. The largest absolute Gasteiger partial charge is 0.488 e. The Kier molecular flexibility index (Phi) is 20.4. The Morgan fingerprint density at radius 1 is 0.529 bits per heavy atom. The van der Waals surface area contributed by atoms with Gasteiger partial charge < -0.3 is 28.4 Å². The van der Waals surface area contributed by atoms with Gasteiger partial charge >= 0.3 is 11.9 Å². The lowest BCUT2D eigenvalue weighted by atomic mass is 9.99. The number of carbonyl (C=O) groups is 2. The summed E-state index contributed by atoms with van der Waals surface area (Å²) >= 11 is 0. The summed E-state index contributed by atoms with van der Waals surface area (Å²) < 4.78 is 36.9. The number of carbonyl (C=O) groups excluding carboxylic acids is 2. The number of aryl methyl sites for hydroxylation is 1. The highest BCUT2D eigenvalue weighted by atomic mass is 16.6. The van der Waals surface area contributed by atoms with E-state index in [1.807, 2.05) is 37.3 Å². The first kappa shape index (κ1) is 42.1. The molecule has 0 bridgehead atoms. The van der Waals surface area contributed by atoms with E-state index >= 15 is 0 Å². The van der Waals surface area contributed by atoms with Gasteiger partial charge in [0, 0.05) is 47.6 Å². The molecule has 2 atom stereocenters. The van der Waals surface area contributed by atoms with Crippen LogP contribution in [0.3, 0.4) is 0 Å². The minimum absolute atomic E-state index is 0.158. The SMILES string of the molecule is CCCCCCOCC(COc1c2ccccc2c(OCC(COCCCCCC)OC(=O)CCCC)c2cc(C)ccc12)OC(=O)CCCC. The Balaban J connectivity index is 1.87. The van der Waals surface area contributed by atoms with Crippen molar-refractivity contribution >= 4 is 33.5 Å². The third-order valence-electron chi connectivity index (χ3n) is 8.86. The summed E-state index contributed by atoms with van der Waals surface area (Å²) in [6.07, 6.45) is 12.0. The first-order valence-electron chi connectivity index (χ1n) is 19.7. The summed E-state index contributed by atoms with van der Waals surface area (Å²) in [6.45, 7) is 12.7. The molecule has 0 fully saturated rings. The van der Waals surface area contributed by atoms with E-state index < -0.39 is 12.2 Å². The van der Waals surface area contributed by atoms with Crippen molar-refractivity contribution in [1.82, 2.24) is 0 Å². The van der Waals surface area contributed by atoms with Crippen LogP contribution in [0.2, 0.25) is 0 Å². The number of unbranched alkanes of at least 4 members (excludes halogenated alkanes) is 8. The molecule has 284 valence electrons. The summed E-state index contributed by atoms with van der Waals surface area (Å²) in [7, 11) is 0. The van der Waals surface area contributed by atoms with E-state index in [1.165, 1.54) is 12.8 Å². The van der Waals surface area contributed by atoms with Crippen molar-refractivity contribution in [2.45, 2.75) is 137 Å². The topological polar surface area (TPSA) is 89.5 Å². The van der Waals surface area contributed by atoms with Crippen LogP contribution in [-0.2, 0) is 28.5 Å². The normalized spacial score (nSPS) is 12.6. The van der Waals surface area contributed by atoms with Gasteiger partial charge in [0.15, 0.2) is 12.2 Å². The second-order valence-corrected chi connectivity index (χ2v) is 13.6. The maximum absolute atomic E-state index is 12.7. The minimum Gasteiger partial charge on any atom is -0.488 e. The molecule has 8 heteroatoms. The van der Waals surface area contributed by atoms with Crippen LogP contribution in [0.4, 0.5) is 0 Å². The average molecular weight is 709 g/mol. The zero-order valence-electron chi connectivity index (χ0n) is 32.1. The van der Waals surface area contributed by atoms with Crippen LogP contribution in [0.15, 0.2) is 42.5 Å². The molecule has 3 rings (SSSR count). The van der Waals surface area contributed by atoms with Crippen molar-refractivity contribution in [3.05, 3.63) is 48.0 Å². The zero-order chi connectivity index (χ0) is 36.7. The van der Waals surface area contributed by atoms with Crippen molar-refractivity contribution in [1.29, 1.82) is 0 Å². The Labute approximate surface area is 306 Å². The highest BCUT2D eigenvalue weighted by molar-refractivity contribution is 6.11. The molecule has 8 nitrogen and oxygen atoms in total. The third kappa shape index (κ3) is 15.0. The maximum Gasteiger partial charge on any atom is 0.306 e. The lowest BCUT2D eigenvalue weighted by molar-refractivity contribution is -0.155. The predicted molar refractivity (Wildman–Crippen MR) is 206 cm³/mol. The summed E-state index contributed by atoms with van der Waals surface area (Å²) in [6, 6.07) is 14.2. The molecule has 0 saturated carbocycles. The Morgan fingerprint density at radius 3 is 1.45 bits per heavy atom. The molecule has 0 saturated heterocycles. The molecule has 0 N–H and O–H groups in total. The highest BCUT2D eigenvalue weighted by Gasteiger charge is 2.22. The van der Waals surface area contributed by atoms with Crippen molar-refractivity contribution in [2.75, 3.05) is 39.6 Å². The Morgan fingerprint density at radius 2 is 0.980 bits per heavy atom. The standard InChI is InChI=1S/C43H64O8/c1-6-10-14-18-26-46-29-34(50-40(44)22-12-8-3)31-48-42-36-20-16-17-21-37(36)43(39-28-33(5)24-25-38(39)42)49-32-35(51-41(45)23-13-9-4)30-47-27-19-15-11-7-2/h16-17,20-21,24-25,28,34-35H,6-15,18-19,22-23,26-27,29-32H2,1-5H3. The fourth-order valence-electron chi connectivity index (χ4n) is 5.93. The molecule has 3 aromatic rings. The number of esters is 2. The van der Waals surface area contributed by atoms with Gasteiger partial charge in [-0.1, -0.05) is 121 Å².